The Morgan fingerprint density at radius 3 is 2.70 bits per heavy atom. The molecule has 4 heteroatoms. The second kappa shape index (κ2) is 5.44. The number of rotatable bonds is 3. The molecule has 2 fully saturated rings. The van der Waals surface area contributed by atoms with E-state index in [9.17, 15) is 4.79 Å². The molecule has 1 aromatic carbocycles. The van der Waals surface area contributed by atoms with Crippen LogP contribution >= 0.6 is 0 Å². The zero-order valence-electron chi connectivity index (χ0n) is 11.9. The van der Waals surface area contributed by atoms with Crippen LogP contribution in [0.2, 0.25) is 0 Å². The first-order valence-corrected chi connectivity index (χ1v) is 7.27. The second-order valence-corrected chi connectivity index (χ2v) is 5.74. The van der Waals surface area contributed by atoms with E-state index in [2.05, 4.69) is 5.32 Å². The van der Waals surface area contributed by atoms with E-state index in [0.717, 1.165) is 32.5 Å². The van der Waals surface area contributed by atoms with Crippen molar-refractivity contribution in [2.45, 2.75) is 31.7 Å². The highest BCUT2D eigenvalue weighted by atomic mass is 16.5. The van der Waals surface area contributed by atoms with Crippen molar-refractivity contribution >= 4 is 5.91 Å². The van der Waals surface area contributed by atoms with Crippen molar-refractivity contribution in [1.29, 1.82) is 0 Å². The topological polar surface area (TPSA) is 47.6 Å². The molecule has 0 bridgehead atoms. The summed E-state index contributed by atoms with van der Waals surface area (Å²) in [6.07, 6.45) is 4.39. The SMILES string of the molecule is COc1ccccc1C(=O)NC1CCC12CCOCC2. The van der Waals surface area contributed by atoms with Crippen LogP contribution in [-0.4, -0.2) is 32.3 Å². The van der Waals surface area contributed by atoms with E-state index < -0.39 is 0 Å². The van der Waals surface area contributed by atoms with Crippen molar-refractivity contribution < 1.29 is 14.3 Å². The fraction of sp³-hybridized carbons (Fsp3) is 0.562. The third-order valence-corrected chi connectivity index (χ3v) is 4.82. The van der Waals surface area contributed by atoms with Crippen molar-refractivity contribution in [3.63, 3.8) is 0 Å². The van der Waals surface area contributed by atoms with Crippen molar-refractivity contribution in [3.05, 3.63) is 29.8 Å². The molecule has 1 spiro atoms. The van der Waals surface area contributed by atoms with Gasteiger partial charge in [-0.15, -0.1) is 0 Å². The fourth-order valence-corrected chi connectivity index (χ4v) is 3.37. The van der Waals surface area contributed by atoms with Crippen molar-refractivity contribution in [3.8, 4) is 5.75 Å². The Labute approximate surface area is 119 Å². The number of benzene rings is 1. The Morgan fingerprint density at radius 1 is 1.30 bits per heavy atom. The average molecular weight is 275 g/mol. The Bertz CT molecular complexity index is 494. The van der Waals surface area contributed by atoms with Gasteiger partial charge < -0.3 is 14.8 Å². The summed E-state index contributed by atoms with van der Waals surface area (Å²) >= 11 is 0. The molecule has 3 rings (SSSR count). The molecule has 1 aromatic rings. The zero-order valence-corrected chi connectivity index (χ0v) is 11.9. The van der Waals surface area contributed by atoms with Gasteiger partial charge in [0.1, 0.15) is 5.75 Å². The van der Waals surface area contributed by atoms with Gasteiger partial charge in [0, 0.05) is 19.3 Å². The Balaban J connectivity index is 1.70. The monoisotopic (exact) mass is 275 g/mol. The predicted octanol–water partition coefficient (Wildman–Crippen LogP) is 2.38. The number of carbonyl (C=O) groups excluding carboxylic acids is 1. The first-order chi connectivity index (χ1) is 9.75. The van der Waals surface area contributed by atoms with E-state index in [-0.39, 0.29) is 17.4 Å². The molecule has 0 radical (unpaired) electrons. The highest BCUT2D eigenvalue weighted by Gasteiger charge is 2.48. The van der Waals surface area contributed by atoms with Gasteiger partial charge in [-0.2, -0.15) is 0 Å². The molecular formula is C16H21NO3. The van der Waals surface area contributed by atoms with Gasteiger partial charge in [-0.25, -0.2) is 0 Å². The minimum Gasteiger partial charge on any atom is -0.496 e. The summed E-state index contributed by atoms with van der Waals surface area (Å²) in [6.45, 7) is 1.64. The van der Waals surface area contributed by atoms with Crippen LogP contribution in [-0.2, 0) is 4.74 Å². The first kappa shape index (κ1) is 13.4. The van der Waals surface area contributed by atoms with Crippen LogP contribution in [0, 0.1) is 5.41 Å². The maximum Gasteiger partial charge on any atom is 0.255 e. The highest BCUT2D eigenvalue weighted by Crippen LogP contribution is 2.48. The summed E-state index contributed by atoms with van der Waals surface area (Å²) in [5.74, 6) is 0.600. The third kappa shape index (κ3) is 2.29. The van der Waals surface area contributed by atoms with E-state index in [1.165, 1.54) is 6.42 Å². The van der Waals surface area contributed by atoms with E-state index in [4.69, 9.17) is 9.47 Å². The third-order valence-electron chi connectivity index (χ3n) is 4.82. The second-order valence-electron chi connectivity index (χ2n) is 5.74. The summed E-state index contributed by atoms with van der Waals surface area (Å²) in [7, 11) is 1.59. The zero-order chi connectivity index (χ0) is 14.0. The van der Waals surface area contributed by atoms with Crippen LogP contribution < -0.4 is 10.1 Å². The van der Waals surface area contributed by atoms with E-state index in [1.54, 1.807) is 7.11 Å². The molecule has 1 aliphatic carbocycles. The number of nitrogens with one attached hydrogen (secondary N) is 1. The minimum absolute atomic E-state index is 0.0296. The van der Waals surface area contributed by atoms with Crippen LogP contribution in [0.25, 0.3) is 0 Å². The Hall–Kier alpha value is -1.55. The molecule has 1 saturated heterocycles. The lowest BCUT2D eigenvalue weighted by Gasteiger charge is -2.52. The smallest absolute Gasteiger partial charge is 0.255 e. The number of amides is 1. The Morgan fingerprint density at radius 2 is 2.05 bits per heavy atom. The van der Waals surface area contributed by atoms with Crippen molar-refractivity contribution in [2.24, 2.45) is 5.41 Å². The van der Waals surface area contributed by atoms with E-state index >= 15 is 0 Å². The molecule has 1 N–H and O–H groups in total. The van der Waals surface area contributed by atoms with Crippen LogP contribution in [0.1, 0.15) is 36.0 Å². The van der Waals surface area contributed by atoms with Gasteiger partial charge in [0.15, 0.2) is 0 Å². The van der Waals surface area contributed by atoms with Gasteiger partial charge in [-0.1, -0.05) is 12.1 Å². The van der Waals surface area contributed by atoms with Crippen LogP contribution in [0.15, 0.2) is 24.3 Å². The molecule has 20 heavy (non-hydrogen) atoms. The summed E-state index contributed by atoms with van der Waals surface area (Å²) in [4.78, 5) is 12.4. The molecule has 1 saturated carbocycles. The molecule has 1 heterocycles. The average Bonchev–Trinajstić information content (AvgIpc) is 2.52. The van der Waals surface area contributed by atoms with Crippen LogP contribution in [0.5, 0.6) is 5.75 Å². The quantitative estimate of drug-likeness (QED) is 0.921. The van der Waals surface area contributed by atoms with Gasteiger partial charge in [-0.3, -0.25) is 4.79 Å². The normalized spacial score (nSPS) is 23.9. The lowest BCUT2D eigenvalue weighted by Crippen LogP contribution is -2.57. The van der Waals surface area contributed by atoms with Crippen LogP contribution in [0.4, 0.5) is 0 Å². The standard InChI is InChI=1S/C16H21NO3/c1-19-13-5-3-2-4-12(13)15(18)17-14-6-7-16(14)8-10-20-11-9-16/h2-5,14H,6-11H2,1H3,(H,17,18). The molecule has 4 nitrogen and oxygen atoms in total. The van der Waals surface area contributed by atoms with Crippen LogP contribution in [0.3, 0.4) is 0 Å². The van der Waals surface area contributed by atoms with E-state index in [1.807, 2.05) is 24.3 Å². The molecule has 1 amide bonds. The van der Waals surface area contributed by atoms with Gasteiger partial charge >= 0.3 is 0 Å². The fourth-order valence-electron chi connectivity index (χ4n) is 3.37. The molecule has 1 atom stereocenters. The number of carbonyl (C=O) groups is 1. The van der Waals surface area contributed by atoms with Gasteiger partial charge in [0.2, 0.25) is 0 Å². The summed E-state index contributed by atoms with van der Waals surface area (Å²) in [5, 5.41) is 3.19. The summed E-state index contributed by atoms with van der Waals surface area (Å²) in [6, 6.07) is 7.65. The number of para-hydroxylation sites is 1. The van der Waals surface area contributed by atoms with E-state index in [0.29, 0.717) is 11.3 Å². The number of hydrogen-bond donors (Lipinski definition) is 1. The van der Waals surface area contributed by atoms with Crippen molar-refractivity contribution in [1.82, 2.24) is 5.32 Å². The highest BCUT2D eigenvalue weighted by molar-refractivity contribution is 5.97. The molecule has 0 aromatic heterocycles. The van der Waals surface area contributed by atoms with Gasteiger partial charge in [-0.05, 0) is 43.2 Å². The number of ether oxygens (including phenoxy) is 2. The number of methoxy groups -OCH3 is 1. The molecule has 1 unspecified atom stereocenters. The lowest BCUT2D eigenvalue weighted by atomic mass is 9.60. The minimum atomic E-state index is -0.0296. The molecular weight excluding hydrogens is 254 g/mol. The largest absolute Gasteiger partial charge is 0.496 e. The predicted molar refractivity (Wildman–Crippen MR) is 76.0 cm³/mol. The van der Waals surface area contributed by atoms with Crippen molar-refractivity contribution in [2.75, 3.05) is 20.3 Å². The lowest BCUT2D eigenvalue weighted by molar-refractivity contribution is -0.0523. The molecule has 2 aliphatic rings. The summed E-state index contributed by atoms with van der Waals surface area (Å²) in [5.41, 5.74) is 0.889. The maximum atomic E-state index is 12.4. The van der Waals surface area contributed by atoms with Gasteiger partial charge in [0.25, 0.3) is 5.91 Å². The van der Waals surface area contributed by atoms with Gasteiger partial charge in [0.05, 0.1) is 12.7 Å². The molecule has 1 aliphatic heterocycles. The Kier molecular flexibility index (Phi) is 3.66. The summed E-state index contributed by atoms with van der Waals surface area (Å²) < 4.78 is 10.7. The first-order valence-electron chi connectivity index (χ1n) is 7.27. The molecule has 108 valence electrons. The maximum absolute atomic E-state index is 12.4. The number of hydrogen-bond acceptors (Lipinski definition) is 3.